The van der Waals surface area contributed by atoms with Crippen molar-refractivity contribution in [3.63, 3.8) is 0 Å². The Morgan fingerprint density at radius 2 is 0.400 bits per heavy atom. The van der Waals surface area contributed by atoms with E-state index in [9.17, 15) is 0 Å². The Morgan fingerprint density at radius 3 is 0.467 bits per heavy atom. The minimum Gasteiger partial charge on any atom is -0.450 e. The van der Waals surface area contributed by atoms with Crippen LogP contribution in [-0.4, -0.2) is 18.4 Å². The van der Waals surface area contributed by atoms with Gasteiger partial charge in [-0.2, -0.15) is 0 Å². The van der Waals surface area contributed by atoms with Crippen LogP contribution in [0.4, 0.5) is 4.79 Å². The van der Waals surface area contributed by atoms with E-state index < -0.39 is 6.16 Å². The molecular weight excluding hydrogens is 552 g/mol. The molecule has 1 N–H and O–H groups in total. The highest BCUT2D eigenvalue weighted by Gasteiger charge is 1.90. The van der Waals surface area contributed by atoms with Crippen LogP contribution in [0.3, 0.4) is 0 Å². The van der Waals surface area contributed by atoms with Gasteiger partial charge in [-0.3, -0.25) is 0 Å². The van der Waals surface area contributed by atoms with E-state index in [1.54, 1.807) is 0 Å². The second kappa shape index (κ2) is 62.1. The van der Waals surface area contributed by atoms with Gasteiger partial charge in [0.1, 0.15) is 0 Å². The van der Waals surface area contributed by atoms with Crippen LogP contribution in [0.2, 0.25) is 0 Å². The minimum atomic E-state index is -1.25. The Kier molecular flexibility index (Phi) is 74.2. The van der Waals surface area contributed by atoms with Crippen molar-refractivity contribution >= 4 is 6.16 Å². The van der Waals surface area contributed by atoms with Crippen molar-refractivity contribution in [2.75, 3.05) is 7.11 Å². The van der Waals surface area contributed by atoms with E-state index >= 15 is 0 Å². The van der Waals surface area contributed by atoms with Crippen molar-refractivity contribution < 1.29 is 14.6 Å². The maximum Gasteiger partial charge on any atom is 0.505 e. The molecule has 0 rings (SSSR count). The third kappa shape index (κ3) is 86.0. The van der Waals surface area contributed by atoms with Gasteiger partial charge < -0.3 is 9.84 Å². The largest absolute Gasteiger partial charge is 0.505 e. The highest BCUT2D eigenvalue weighted by molar-refractivity contribution is 5.56. The lowest BCUT2D eigenvalue weighted by Gasteiger charge is -1.97. The SMILES string of the molecule is CCCCCCCCCC.CCCCCCCCCC.CCCCCCCCCC.CCCCCCCCCC.COC(=O)O. The van der Waals surface area contributed by atoms with Gasteiger partial charge in [0.15, 0.2) is 0 Å². The molecule has 45 heavy (non-hydrogen) atoms. The topological polar surface area (TPSA) is 46.5 Å². The number of hydrogen-bond acceptors (Lipinski definition) is 2. The molecule has 278 valence electrons. The highest BCUT2D eigenvalue weighted by atomic mass is 16.6. The lowest BCUT2D eigenvalue weighted by molar-refractivity contribution is 0.114. The number of rotatable bonds is 28. The van der Waals surface area contributed by atoms with Crippen molar-refractivity contribution in [2.24, 2.45) is 0 Å². The van der Waals surface area contributed by atoms with Gasteiger partial charge in [-0.15, -0.1) is 0 Å². The molecule has 0 atom stereocenters. The second-order valence-corrected chi connectivity index (χ2v) is 13.0. The Morgan fingerprint density at radius 1 is 0.311 bits per heavy atom. The van der Waals surface area contributed by atoms with Crippen LogP contribution >= 0.6 is 0 Å². The molecule has 0 fully saturated rings. The first-order chi connectivity index (χ1) is 21.9. The van der Waals surface area contributed by atoms with Crippen molar-refractivity contribution in [2.45, 2.75) is 261 Å². The molecule has 0 aliphatic carbocycles. The monoisotopic (exact) mass is 645 g/mol. The number of hydrogen-bond donors (Lipinski definition) is 1. The molecule has 0 aliphatic heterocycles. The van der Waals surface area contributed by atoms with Crippen LogP contribution < -0.4 is 0 Å². The summed E-state index contributed by atoms with van der Waals surface area (Å²) in [5, 5.41) is 7.50. The van der Waals surface area contributed by atoms with Crippen molar-refractivity contribution in [3.8, 4) is 0 Å². The third-order valence-electron chi connectivity index (χ3n) is 8.00. The van der Waals surface area contributed by atoms with E-state index in [-0.39, 0.29) is 0 Å². The molecule has 0 aromatic carbocycles. The Hall–Kier alpha value is -0.730. The maximum atomic E-state index is 9.15. The van der Waals surface area contributed by atoms with Gasteiger partial charge in [0.25, 0.3) is 0 Å². The molecule has 0 saturated carbocycles. The van der Waals surface area contributed by atoms with Gasteiger partial charge >= 0.3 is 6.16 Å². The lowest BCUT2D eigenvalue weighted by Crippen LogP contribution is -1.91. The molecule has 0 bridgehead atoms. The van der Waals surface area contributed by atoms with Gasteiger partial charge in [-0.25, -0.2) is 4.79 Å². The standard InChI is InChI=1S/4C10H22.C2H4O3/c4*1-3-5-7-9-10-8-6-4-2;1-5-2(3)4/h4*3-10H2,1-2H3;1H3,(H,3,4). The molecule has 0 saturated heterocycles. The zero-order valence-electron chi connectivity index (χ0n) is 33.4. The number of ether oxygens (including phenoxy) is 1. The average Bonchev–Trinajstić information content (AvgIpc) is 3.05. The Labute approximate surface area is 288 Å². The van der Waals surface area contributed by atoms with Gasteiger partial charge in [-0.1, -0.05) is 261 Å². The summed E-state index contributed by atoms with van der Waals surface area (Å²) in [6, 6.07) is 0. The predicted octanol–water partition coefficient (Wildman–Crippen LogP) is 16.9. The molecule has 0 aromatic rings. The molecule has 0 aliphatic rings. The summed E-state index contributed by atoms with van der Waals surface area (Å²) < 4.78 is 3.67. The fraction of sp³-hybridized carbons (Fsp3) is 0.976. The van der Waals surface area contributed by atoms with Crippen LogP contribution in [0.1, 0.15) is 261 Å². The molecule has 3 heteroatoms. The van der Waals surface area contributed by atoms with Gasteiger partial charge in [0, 0.05) is 0 Å². The maximum absolute atomic E-state index is 9.15. The smallest absolute Gasteiger partial charge is 0.450 e. The molecule has 3 nitrogen and oxygen atoms in total. The zero-order chi connectivity index (χ0) is 34.9. The quantitative estimate of drug-likeness (QED) is 0.0681. The van der Waals surface area contributed by atoms with E-state index in [1.165, 1.54) is 205 Å². The lowest BCUT2D eigenvalue weighted by atomic mass is 10.1. The highest BCUT2D eigenvalue weighted by Crippen LogP contribution is 2.10. The van der Waals surface area contributed by atoms with E-state index in [2.05, 4.69) is 60.1 Å². The summed E-state index contributed by atoms with van der Waals surface area (Å²) in [7, 11) is 1.10. The van der Waals surface area contributed by atoms with Crippen LogP contribution in [-0.2, 0) is 4.74 Å². The molecule has 0 unspecified atom stereocenters. The Balaban J connectivity index is -0.000000150. The van der Waals surface area contributed by atoms with Gasteiger partial charge in [-0.05, 0) is 0 Å². The summed E-state index contributed by atoms with van der Waals surface area (Å²) in [6.07, 6.45) is 44.6. The molecule has 0 radical (unpaired) electrons. The van der Waals surface area contributed by atoms with E-state index in [4.69, 9.17) is 9.90 Å². The zero-order valence-corrected chi connectivity index (χ0v) is 33.4. The minimum absolute atomic E-state index is 1.10. The molecule has 0 amide bonds. The number of carboxylic acid groups (broad SMARTS) is 1. The van der Waals surface area contributed by atoms with Crippen molar-refractivity contribution in [3.05, 3.63) is 0 Å². The van der Waals surface area contributed by atoms with Crippen LogP contribution in [0.25, 0.3) is 0 Å². The van der Waals surface area contributed by atoms with Crippen LogP contribution in [0, 0.1) is 0 Å². The summed E-state index contributed by atoms with van der Waals surface area (Å²) in [4.78, 5) is 9.15. The Bertz CT molecular complexity index is 328. The average molecular weight is 645 g/mol. The summed E-state index contributed by atoms with van der Waals surface area (Å²) in [5.41, 5.74) is 0. The van der Waals surface area contributed by atoms with Crippen LogP contribution in [0.15, 0.2) is 0 Å². The summed E-state index contributed by atoms with van der Waals surface area (Å²) in [6.45, 7) is 18.2. The third-order valence-corrected chi connectivity index (χ3v) is 8.00. The van der Waals surface area contributed by atoms with Crippen LogP contribution in [0.5, 0.6) is 0 Å². The fourth-order valence-electron chi connectivity index (χ4n) is 4.83. The second-order valence-electron chi connectivity index (χ2n) is 13.0. The molecular formula is C42H92O3. The van der Waals surface area contributed by atoms with Crippen molar-refractivity contribution in [1.29, 1.82) is 0 Å². The summed E-state index contributed by atoms with van der Waals surface area (Å²) >= 11 is 0. The van der Waals surface area contributed by atoms with E-state index in [0.717, 1.165) is 7.11 Å². The van der Waals surface area contributed by atoms with Gasteiger partial charge in [0.2, 0.25) is 0 Å². The molecule has 0 heterocycles. The first-order valence-electron chi connectivity index (χ1n) is 20.7. The summed E-state index contributed by atoms with van der Waals surface area (Å²) in [5.74, 6) is 0. The normalized spacial score (nSPS) is 9.80. The number of methoxy groups -OCH3 is 1. The van der Waals surface area contributed by atoms with E-state index in [0.29, 0.717) is 0 Å². The van der Waals surface area contributed by atoms with Gasteiger partial charge in [0.05, 0.1) is 7.11 Å². The number of unbranched alkanes of at least 4 members (excludes halogenated alkanes) is 28. The number of carbonyl (C=O) groups is 1. The first-order valence-corrected chi connectivity index (χ1v) is 20.7. The predicted molar refractivity (Wildman–Crippen MR) is 208 cm³/mol. The fourth-order valence-corrected chi connectivity index (χ4v) is 4.83. The van der Waals surface area contributed by atoms with Crippen molar-refractivity contribution in [1.82, 2.24) is 0 Å². The van der Waals surface area contributed by atoms with E-state index in [1.807, 2.05) is 0 Å². The molecule has 0 aromatic heterocycles. The molecule has 0 spiro atoms. The first kappa shape index (κ1) is 53.7.